The van der Waals surface area contributed by atoms with E-state index in [0.29, 0.717) is 12.2 Å². The van der Waals surface area contributed by atoms with Gasteiger partial charge in [-0.2, -0.15) is 0 Å². The van der Waals surface area contributed by atoms with Crippen molar-refractivity contribution in [3.63, 3.8) is 0 Å². The number of carbonyl (C=O) groups is 2. The monoisotopic (exact) mass is 363 g/mol. The van der Waals surface area contributed by atoms with Crippen LogP contribution < -0.4 is 0 Å². The highest BCUT2D eigenvalue weighted by Gasteiger charge is 2.19. The predicted octanol–water partition coefficient (Wildman–Crippen LogP) is -1.33. The van der Waals surface area contributed by atoms with Crippen molar-refractivity contribution < 1.29 is 52.4 Å². The van der Waals surface area contributed by atoms with Crippen LogP contribution in [0.5, 0.6) is 0 Å². The molecule has 0 rings (SSSR count). The first kappa shape index (κ1) is 20.9. The zero-order valence-electron chi connectivity index (χ0n) is 11.0. The molecule has 0 aliphatic heterocycles. The molecule has 5 N–H and O–H groups in total. The van der Waals surface area contributed by atoms with Crippen LogP contribution in [0.4, 0.5) is 0 Å². The molecule has 0 spiro atoms. The Morgan fingerprint density at radius 2 is 1.32 bits per heavy atom. The van der Waals surface area contributed by atoms with Gasteiger partial charge in [-0.3, -0.25) is 13.8 Å². The average Bonchev–Trinajstić information content (AvgIpc) is 2.31. The van der Waals surface area contributed by atoms with Gasteiger partial charge in [-0.05, 0) is 0 Å². The van der Waals surface area contributed by atoms with Crippen LogP contribution in [0.15, 0.2) is 12.2 Å². The van der Waals surface area contributed by atoms with Gasteiger partial charge in [0, 0.05) is 25.2 Å². The van der Waals surface area contributed by atoms with Crippen molar-refractivity contribution in [1.29, 1.82) is 0 Å². The highest BCUT2D eigenvalue weighted by molar-refractivity contribution is 7.46. The molecule has 0 aromatic heterocycles. The number of hydrogen-bond acceptors (Lipinski definition) is 6. The summed E-state index contributed by atoms with van der Waals surface area (Å²) in [6.07, 6.45) is 1.19. The standard InChI is InChI=1S/C8H15NO11P2/c10-7(1-2-8(11)12)9(3-5-19-21(13,14)15)4-6-20-22(16,17)18/h1-2H,3-6H2,(H,11,12)(H2,13,14,15)(H2,16,17,18)/b2-1-. The van der Waals surface area contributed by atoms with Gasteiger partial charge in [-0.15, -0.1) is 0 Å². The summed E-state index contributed by atoms with van der Waals surface area (Å²) in [6.45, 7) is -1.88. The lowest BCUT2D eigenvalue weighted by molar-refractivity contribution is -0.132. The van der Waals surface area contributed by atoms with Crippen LogP contribution in [0, 0.1) is 0 Å². The quantitative estimate of drug-likeness (QED) is 0.228. The second-order valence-electron chi connectivity index (χ2n) is 3.64. The van der Waals surface area contributed by atoms with Crippen LogP contribution in [0.2, 0.25) is 0 Å². The minimum Gasteiger partial charge on any atom is -0.478 e. The molecular formula is C8H15NO11P2. The summed E-state index contributed by atoms with van der Waals surface area (Å²) in [7, 11) is -9.48. The van der Waals surface area contributed by atoms with E-state index in [0.717, 1.165) is 4.90 Å². The molecule has 128 valence electrons. The lowest BCUT2D eigenvalue weighted by Gasteiger charge is -2.21. The second kappa shape index (κ2) is 9.13. The van der Waals surface area contributed by atoms with Gasteiger partial charge in [0.2, 0.25) is 5.91 Å². The van der Waals surface area contributed by atoms with Crippen LogP contribution in [-0.4, -0.2) is 67.8 Å². The number of phosphoric ester groups is 2. The molecule has 0 unspecified atom stereocenters. The third-order valence-electron chi connectivity index (χ3n) is 1.92. The summed E-state index contributed by atoms with van der Waals surface area (Å²) in [6, 6.07) is 0. The van der Waals surface area contributed by atoms with Crippen LogP contribution in [0.25, 0.3) is 0 Å². The summed E-state index contributed by atoms with van der Waals surface area (Å²) < 4.78 is 29.2. The lowest BCUT2D eigenvalue weighted by Crippen LogP contribution is -2.35. The van der Waals surface area contributed by atoms with E-state index in [1.807, 2.05) is 0 Å². The third kappa shape index (κ3) is 12.6. The Labute approximate surface area is 124 Å². The summed E-state index contributed by atoms with van der Waals surface area (Å²) >= 11 is 0. The molecular weight excluding hydrogens is 348 g/mol. The molecule has 0 radical (unpaired) electrons. The van der Waals surface area contributed by atoms with Crippen molar-refractivity contribution in [3.8, 4) is 0 Å². The highest BCUT2D eigenvalue weighted by atomic mass is 31.2. The Bertz CT molecular complexity index is 478. The molecule has 14 heteroatoms. The largest absolute Gasteiger partial charge is 0.478 e. The number of hydrogen-bond donors (Lipinski definition) is 5. The Morgan fingerprint density at radius 1 is 0.909 bits per heavy atom. The molecule has 0 saturated heterocycles. The molecule has 0 aliphatic rings. The number of phosphoric acid groups is 2. The maximum Gasteiger partial charge on any atom is 0.469 e. The van der Waals surface area contributed by atoms with E-state index >= 15 is 0 Å². The second-order valence-corrected chi connectivity index (χ2v) is 6.12. The van der Waals surface area contributed by atoms with Crippen LogP contribution in [0.1, 0.15) is 0 Å². The number of rotatable bonds is 10. The Morgan fingerprint density at radius 3 is 1.64 bits per heavy atom. The highest BCUT2D eigenvalue weighted by Crippen LogP contribution is 2.36. The van der Waals surface area contributed by atoms with E-state index < -0.39 is 40.7 Å². The van der Waals surface area contributed by atoms with Gasteiger partial charge >= 0.3 is 21.6 Å². The van der Waals surface area contributed by atoms with Crippen molar-refractivity contribution >= 4 is 27.5 Å². The van der Waals surface area contributed by atoms with Gasteiger partial charge in [-0.25, -0.2) is 13.9 Å². The zero-order chi connectivity index (χ0) is 17.4. The number of amides is 1. The SMILES string of the molecule is O=C(O)/C=C\C(=O)N(CCOP(=O)(O)O)CCOP(=O)(O)O. The Balaban J connectivity index is 4.61. The first-order valence-electron chi connectivity index (χ1n) is 5.51. The van der Waals surface area contributed by atoms with Gasteiger partial charge < -0.3 is 29.6 Å². The van der Waals surface area contributed by atoms with E-state index in [4.69, 9.17) is 24.7 Å². The van der Waals surface area contributed by atoms with E-state index in [9.17, 15) is 18.7 Å². The van der Waals surface area contributed by atoms with Crippen LogP contribution >= 0.6 is 15.6 Å². The fourth-order valence-electron chi connectivity index (χ4n) is 1.12. The minimum atomic E-state index is -4.74. The topological polar surface area (TPSA) is 191 Å². The molecule has 0 aromatic rings. The smallest absolute Gasteiger partial charge is 0.469 e. The van der Waals surface area contributed by atoms with Crippen molar-refractivity contribution in [2.75, 3.05) is 26.3 Å². The van der Waals surface area contributed by atoms with Gasteiger partial charge in [0.25, 0.3) is 0 Å². The van der Waals surface area contributed by atoms with Crippen molar-refractivity contribution in [1.82, 2.24) is 4.90 Å². The zero-order valence-corrected chi connectivity index (χ0v) is 12.8. The van der Waals surface area contributed by atoms with E-state index in [1.54, 1.807) is 0 Å². The summed E-state index contributed by atoms with van der Waals surface area (Å²) in [5.74, 6) is -2.27. The molecule has 0 fully saturated rings. The summed E-state index contributed by atoms with van der Waals surface area (Å²) in [4.78, 5) is 56.8. The number of aliphatic carboxylic acids is 1. The van der Waals surface area contributed by atoms with E-state index in [1.165, 1.54) is 0 Å². The predicted molar refractivity (Wildman–Crippen MR) is 69.3 cm³/mol. The maximum atomic E-state index is 11.6. The molecule has 0 atom stereocenters. The fourth-order valence-corrected chi connectivity index (χ4v) is 1.76. The van der Waals surface area contributed by atoms with Crippen LogP contribution in [0.3, 0.4) is 0 Å². The van der Waals surface area contributed by atoms with Gasteiger partial charge in [-0.1, -0.05) is 0 Å². The lowest BCUT2D eigenvalue weighted by atomic mass is 10.4. The molecule has 0 saturated carbocycles. The minimum absolute atomic E-state index is 0.363. The number of nitrogens with zero attached hydrogens (tertiary/aromatic N) is 1. The summed E-state index contributed by atoms with van der Waals surface area (Å²) in [5, 5.41) is 8.40. The van der Waals surface area contributed by atoms with Crippen molar-refractivity contribution in [2.45, 2.75) is 0 Å². The molecule has 0 bridgehead atoms. The molecule has 1 amide bonds. The fraction of sp³-hybridized carbons (Fsp3) is 0.500. The molecule has 0 heterocycles. The Hall–Kier alpha value is -1.10. The van der Waals surface area contributed by atoms with Crippen molar-refractivity contribution in [3.05, 3.63) is 12.2 Å². The molecule has 0 aromatic carbocycles. The maximum absolute atomic E-state index is 11.6. The number of carbonyl (C=O) groups excluding carboxylic acids is 1. The number of carboxylic acids is 1. The third-order valence-corrected chi connectivity index (χ3v) is 2.96. The van der Waals surface area contributed by atoms with E-state index in [-0.39, 0.29) is 13.1 Å². The first-order chi connectivity index (χ1) is 9.91. The van der Waals surface area contributed by atoms with Gasteiger partial charge in [0.1, 0.15) is 0 Å². The van der Waals surface area contributed by atoms with Gasteiger partial charge in [0.15, 0.2) is 0 Å². The van der Waals surface area contributed by atoms with Crippen LogP contribution in [-0.2, 0) is 27.8 Å². The summed E-state index contributed by atoms with van der Waals surface area (Å²) in [5.41, 5.74) is 0. The first-order valence-corrected chi connectivity index (χ1v) is 8.57. The Kier molecular flexibility index (Phi) is 8.68. The number of carboxylic acid groups (broad SMARTS) is 1. The average molecular weight is 363 g/mol. The van der Waals surface area contributed by atoms with Crippen molar-refractivity contribution in [2.24, 2.45) is 0 Å². The van der Waals surface area contributed by atoms with Gasteiger partial charge in [0.05, 0.1) is 13.2 Å². The molecule has 12 nitrogen and oxygen atoms in total. The van der Waals surface area contributed by atoms with E-state index in [2.05, 4.69) is 9.05 Å². The molecule has 0 aliphatic carbocycles. The normalized spacial score (nSPS) is 12.5. The molecule has 22 heavy (non-hydrogen) atoms.